The van der Waals surface area contributed by atoms with Crippen molar-refractivity contribution in [2.45, 2.75) is 24.7 Å². The van der Waals surface area contributed by atoms with E-state index in [0.29, 0.717) is 6.42 Å². The van der Waals surface area contributed by atoms with Crippen LogP contribution in [0.5, 0.6) is 0 Å². The minimum absolute atomic E-state index is 0.217. The molecule has 94 valence electrons. The SMILES string of the molecule is CCC(=O)c1ccc(SCCCN(C)C)cc1. The van der Waals surface area contributed by atoms with Gasteiger partial charge in [-0.05, 0) is 44.9 Å². The molecule has 0 N–H and O–H groups in total. The highest BCUT2D eigenvalue weighted by Gasteiger charge is 2.02. The predicted octanol–water partition coefficient (Wildman–Crippen LogP) is 3.32. The number of thioether (sulfide) groups is 1. The molecule has 1 aromatic rings. The second-order valence-corrected chi connectivity index (χ2v) is 5.47. The number of nitrogens with zero attached hydrogens (tertiary/aromatic N) is 1. The summed E-state index contributed by atoms with van der Waals surface area (Å²) in [4.78, 5) is 14.9. The van der Waals surface area contributed by atoms with Gasteiger partial charge in [0.15, 0.2) is 5.78 Å². The van der Waals surface area contributed by atoms with E-state index in [0.717, 1.165) is 17.9 Å². The van der Waals surface area contributed by atoms with Crippen LogP contribution in [0.3, 0.4) is 0 Å². The van der Waals surface area contributed by atoms with E-state index in [1.165, 1.54) is 11.3 Å². The van der Waals surface area contributed by atoms with Crippen LogP contribution in [0.4, 0.5) is 0 Å². The van der Waals surface area contributed by atoms with Crippen LogP contribution in [0, 0.1) is 0 Å². The van der Waals surface area contributed by atoms with Crippen molar-refractivity contribution in [3.63, 3.8) is 0 Å². The first-order chi connectivity index (χ1) is 8.13. The quantitative estimate of drug-likeness (QED) is 0.421. The largest absolute Gasteiger partial charge is 0.309 e. The number of benzene rings is 1. The van der Waals surface area contributed by atoms with Crippen LogP contribution in [0.1, 0.15) is 30.1 Å². The average molecular weight is 251 g/mol. The highest BCUT2D eigenvalue weighted by molar-refractivity contribution is 7.99. The van der Waals surface area contributed by atoms with E-state index in [-0.39, 0.29) is 5.78 Å². The van der Waals surface area contributed by atoms with Gasteiger partial charge in [0.25, 0.3) is 0 Å². The molecule has 2 nitrogen and oxygen atoms in total. The fraction of sp³-hybridized carbons (Fsp3) is 0.500. The van der Waals surface area contributed by atoms with Gasteiger partial charge in [-0.1, -0.05) is 19.1 Å². The smallest absolute Gasteiger partial charge is 0.162 e. The van der Waals surface area contributed by atoms with Crippen LogP contribution < -0.4 is 0 Å². The Morgan fingerprint density at radius 2 is 1.88 bits per heavy atom. The first-order valence-corrected chi connectivity index (χ1v) is 7.03. The average Bonchev–Trinajstić information content (AvgIpc) is 2.34. The third-order valence-electron chi connectivity index (χ3n) is 2.52. The molecule has 0 aliphatic rings. The molecule has 0 aliphatic heterocycles. The monoisotopic (exact) mass is 251 g/mol. The molecular weight excluding hydrogens is 230 g/mol. The maximum absolute atomic E-state index is 11.4. The maximum Gasteiger partial charge on any atom is 0.162 e. The van der Waals surface area contributed by atoms with Gasteiger partial charge >= 0.3 is 0 Å². The number of rotatable bonds is 7. The van der Waals surface area contributed by atoms with Gasteiger partial charge < -0.3 is 4.90 Å². The summed E-state index contributed by atoms with van der Waals surface area (Å²) in [5.41, 5.74) is 0.824. The summed E-state index contributed by atoms with van der Waals surface area (Å²) in [5, 5.41) is 0. The molecule has 0 spiro atoms. The Morgan fingerprint density at radius 3 is 2.41 bits per heavy atom. The molecule has 1 aromatic carbocycles. The van der Waals surface area contributed by atoms with Gasteiger partial charge in [0, 0.05) is 16.9 Å². The fourth-order valence-electron chi connectivity index (χ4n) is 1.51. The maximum atomic E-state index is 11.4. The second-order valence-electron chi connectivity index (χ2n) is 4.31. The minimum Gasteiger partial charge on any atom is -0.309 e. The predicted molar refractivity (Wildman–Crippen MR) is 75.0 cm³/mol. The van der Waals surface area contributed by atoms with Crippen molar-refractivity contribution in [2.24, 2.45) is 0 Å². The molecule has 1 rings (SSSR count). The van der Waals surface area contributed by atoms with Gasteiger partial charge in [-0.25, -0.2) is 0 Å². The molecule has 17 heavy (non-hydrogen) atoms. The molecule has 0 heterocycles. The number of hydrogen-bond donors (Lipinski definition) is 0. The number of hydrogen-bond acceptors (Lipinski definition) is 3. The standard InChI is InChI=1S/C14H21NOS/c1-4-14(16)12-6-8-13(9-7-12)17-11-5-10-15(2)3/h6-9H,4-5,10-11H2,1-3H3. The van der Waals surface area contributed by atoms with Crippen molar-refractivity contribution in [3.05, 3.63) is 29.8 Å². The van der Waals surface area contributed by atoms with E-state index < -0.39 is 0 Å². The second kappa shape index (κ2) is 7.51. The summed E-state index contributed by atoms with van der Waals surface area (Å²) in [6, 6.07) is 7.95. The van der Waals surface area contributed by atoms with Gasteiger partial charge in [0.2, 0.25) is 0 Å². The van der Waals surface area contributed by atoms with E-state index in [4.69, 9.17) is 0 Å². The van der Waals surface area contributed by atoms with Crippen molar-refractivity contribution in [1.82, 2.24) is 4.90 Å². The summed E-state index contributed by atoms with van der Waals surface area (Å²) < 4.78 is 0. The zero-order valence-electron chi connectivity index (χ0n) is 10.9. The third kappa shape index (κ3) is 5.37. The molecule has 0 aliphatic carbocycles. The van der Waals surface area contributed by atoms with Crippen LogP contribution in [-0.4, -0.2) is 37.1 Å². The zero-order chi connectivity index (χ0) is 12.7. The van der Waals surface area contributed by atoms with Crippen molar-refractivity contribution in [2.75, 3.05) is 26.4 Å². The van der Waals surface area contributed by atoms with Crippen molar-refractivity contribution >= 4 is 17.5 Å². The molecule has 0 atom stereocenters. The van der Waals surface area contributed by atoms with E-state index in [9.17, 15) is 4.79 Å². The summed E-state index contributed by atoms with van der Waals surface area (Å²) >= 11 is 1.85. The number of Topliss-reactive ketones (excluding diaryl/α,β-unsaturated/α-hetero) is 1. The van der Waals surface area contributed by atoms with Crippen LogP contribution in [-0.2, 0) is 0 Å². The Labute approximate surface area is 108 Å². The van der Waals surface area contributed by atoms with E-state index in [1.54, 1.807) is 0 Å². The van der Waals surface area contributed by atoms with Crippen LogP contribution in [0.15, 0.2) is 29.2 Å². The van der Waals surface area contributed by atoms with Gasteiger partial charge in [0.1, 0.15) is 0 Å². The Bertz CT molecular complexity index is 346. The van der Waals surface area contributed by atoms with E-state index >= 15 is 0 Å². The highest BCUT2D eigenvalue weighted by atomic mass is 32.2. The Balaban J connectivity index is 2.38. The summed E-state index contributed by atoms with van der Waals surface area (Å²) in [5.74, 6) is 1.34. The lowest BCUT2D eigenvalue weighted by Gasteiger charge is -2.08. The van der Waals surface area contributed by atoms with Gasteiger partial charge in [-0.3, -0.25) is 4.79 Å². The first kappa shape index (κ1) is 14.3. The fourth-order valence-corrected chi connectivity index (χ4v) is 2.35. The summed E-state index contributed by atoms with van der Waals surface area (Å²) in [6.07, 6.45) is 1.77. The van der Waals surface area contributed by atoms with Gasteiger partial charge in [-0.2, -0.15) is 0 Å². The lowest BCUT2D eigenvalue weighted by Crippen LogP contribution is -2.13. The lowest BCUT2D eigenvalue weighted by atomic mass is 10.1. The summed E-state index contributed by atoms with van der Waals surface area (Å²) in [6.45, 7) is 3.02. The third-order valence-corrected chi connectivity index (χ3v) is 3.61. The lowest BCUT2D eigenvalue weighted by molar-refractivity contribution is 0.0988. The molecule has 0 fully saturated rings. The molecule has 0 radical (unpaired) electrons. The molecule has 0 saturated heterocycles. The Morgan fingerprint density at radius 1 is 1.24 bits per heavy atom. The minimum atomic E-state index is 0.217. The van der Waals surface area contributed by atoms with E-state index in [2.05, 4.69) is 19.0 Å². The van der Waals surface area contributed by atoms with Crippen LogP contribution in [0.2, 0.25) is 0 Å². The van der Waals surface area contributed by atoms with Crippen LogP contribution >= 0.6 is 11.8 Å². The molecule has 0 saturated carbocycles. The molecule has 0 bridgehead atoms. The number of carbonyl (C=O) groups excluding carboxylic acids is 1. The molecule has 0 amide bonds. The molecule has 0 aromatic heterocycles. The number of carbonyl (C=O) groups is 1. The zero-order valence-corrected chi connectivity index (χ0v) is 11.7. The Hall–Kier alpha value is -0.800. The molecular formula is C14H21NOS. The topological polar surface area (TPSA) is 20.3 Å². The first-order valence-electron chi connectivity index (χ1n) is 6.04. The molecule has 0 unspecified atom stereocenters. The van der Waals surface area contributed by atoms with Gasteiger partial charge in [0.05, 0.1) is 0 Å². The number of ketones is 1. The van der Waals surface area contributed by atoms with Crippen molar-refractivity contribution < 1.29 is 4.79 Å². The molecule has 3 heteroatoms. The van der Waals surface area contributed by atoms with Crippen molar-refractivity contribution in [1.29, 1.82) is 0 Å². The highest BCUT2D eigenvalue weighted by Crippen LogP contribution is 2.19. The van der Waals surface area contributed by atoms with Crippen molar-refractivity contribution in [3.8, 4) is 0 Å². The van der Waals surface area contributed by atoms with Gasteiger partial charge in [-0.15, -0.1) is 11.8 Å². The summed E-state index contributed by atoms with van der Waals surface area (Å²) in [7, 11) is 4.19. The Kier molecular flexibility index (Phi) is 6.30. The van der Waals surface area contributed by atoms with E-state index in [1.807, 2.05) is 43.0 Å². The van der Waals surface area contributed by atoms with Crippen LogP contribution in [0.25, 0.3) is 0 Å². The normalized spacial score (nSPS) is 10.8.